The first kappa shape index (κ1) is 17.0. The van der Waals surface area contributed by atoms with Crippen LogP contribution in [0.25, 0.3) is 11.2 Å². The van der Waals surface area contributed by atoms with Crippen LogP contribution >= 0.6 is 0 Å². The predicted molar refractivity (Wildman–Crippen MR) is 94.8 cm³/mol. The number of fused-ring (bicyclic) bond motifs is 1. The van der Waals surface area contributed by atoms with Crippen LogP contribution in [0.5, 0.6) is 0 Å². The summed E-state index contributed by atoms with van der Waals surface area (Å²) in [5.41, 5.74) is 2.15. The van der Waals surface area contributed by atoms with Crippen LogP contribution in [0.3, 0.4) is 0 Å². The molecular formula is C18H23N5O3. The van der Waals surface area contributed by atoms with Gasteiger partial charge in [-0.25, -0.2) is 9.97 Å². The molecule has 1 aliphatic carbocycles. The van der Waals surface area contributed by atoms with Gasteiger partial charge in [-0.2, -0.15) is 0 Å². The van der Waals surface area contributed by atoms with E-state index >= 15 is 0 Å². The highest BCUT2D eigenvalue weighted by molar-refractivity contribution is 5.96. The quantitative estimate of drug-likeness (QED) is 0.818. The van der Waals surface area contributed by atoms with Crippen molar-refractivity contribution >= 4 is 23.0 Å². The van der Waals surface area contributed by atoms with Crippen LogP contribution in [0.15, 0.2) is 18.6 Å². The maximum absolute atomic E-state index is 12.9. The molecule has 8 heteroatoms. The van der Waals surface area contributed by atoms with Crippen LogP contribution < -0.4 is 0 Å². The van der Waals surface area contributed by atoms with E-state index in [0.717, 1.165) is 17.6 Å². The molecule has 2 fully saturated rings. The van der Waals surface area contributed by atoms with Crippen LogP contribution in [0.1, 0.15) is 35.7 Å². The zero-order chi connectivity index (χ0) is 18.1. The van der Waals surface area contributed by atoms with Crippen LogP contribution in [0, 0.1) is 0 Å². The topological polar surface area (TPSA) is 80.6 Å². The number of amides is 2. The summed E-state index contributed by atoms with van der Waals surface area (Å²) < 4.78 is 7.01. The van der Waals surface area contributed by atoms with Crippen molar-refractivity contribution < 1.29 is 14.3 Å². The average molecular weight is 357 g/mol. The van der Waals surface area contributed by atoms with Gasteiger partial charge in [0.25, 0.3) is 5.91 Å². The van der Waals surface area contributed by atoms with E-state index in [1.165, 1.54) is 20.0 Å². The zero-order valence-electron chi connectivity index (χ0n) is 14.9. The van der Waals surface area contributed by atoms with Gasteiger partial charge in [-0.3, -0.25) is 9.59 Å². The number of imidazole rings is 1. The highest BCUT2D eigenvalue weighted by Crippen LogP contribution is 2.36. The molecule has 1 saturated carbocycles. The number of pyridine rings is 1. The minimum absolute atomic E-state index is 0.0319. The summed E-state index contributed by atoms with van der Waals surface area (Å²) in [4.78, 5) is 37.3. The van der Waals surface area contributed by atoms with Gasteiger partial charge < -0.3 is 19.1 Å². The number of ether oxygens (including phenoxy) is 1. The van der Waals surface area contributed by atoms with Crippen molar-refractivity contribution in [1.29, 1.82) is 0 Å². The van der Waals surface area contributed by atoms with Crippen molar-refractivity contribution in [2.24, 2.45) is 0 Å². The molecule has 0 radical (unpaired) electrons. The Kier molecular flexibility index (Phi) is 4.58. The second kappa shape index (κ2) is 7.03. The van der Waals surface area contributed by atoms with Crippen LogP contribution in [-0.4, -0.2) is 76.0 Å². The number of nitrogens with zero attached hydrogens (tertiary/aromatic N) is 5. The van der Waals surface area contributed by atoms with Gasteiger partial charge in [0.15, 0.2) is 5.65 Å². The SMILES string of the molecule is COCC(=O)N1CCCN(C(=O)c2cnc3c(c2)ncn3C2CC2)CC1. The molecule has 0 atom stereocenters. The summed E-state index contributed by atoms with van der Waals surface area (Å²) in [6.07, 6.45) is 6.55. The molecule has 0 bridgehead atoms. The van der Waals surface area contributed by atoms with E-state index in [0.29, 0.717) is 37.8 Å². The summed E-state index contributed by atoms with van der Waals surface area (Å²) in [5.74, 6) is -0.0862. The second-order valence-electron chi connectivity index (χ2n) is 6.91. The van der Waals surface area contributed by atoms with E-state index in [-0.39, 0.29) is 18.4 Å². The second-order valence-corrected chi connectivity index (χ2v) is 6.91. The summed E-state index contributed by atoms with van der Waals surface area (Å²) >= 11 is 0. The number of methoxy groups -OCH3 is 1. The van der Waals surface area contributed by atoms with Crippen molar-refractivity contribution in [1.82, 2.24) is 24.3 Å². The molecule has 1 saturated heterocycles. The fourth-order valence-electron chi connectivity index (χ4n) is 3.42. The van der Waals surface area contributed by atoms with E-state index in [4.69, 9.17) is 4.74 Å². The Labute approximate surface area is 151 Å². The van der Waals surface area contributed by atoms with Gasteiger partial charge in [0.1, 0.15) is 12.1 Å². The lowest BCUT2D eigenvalue weighted by molar-refractivity contribution is -0.135. The molecular weight excluding hydrogens is 334 g/mol. The Morgan fingerprint density at radius 3 is 2.69 bits per heavy atom. The van der Waals surface area contributed by atoms with E-state index in [1.54, 1.807) is 16.0 Å². The fourth-order valence-corrected chi connectivity index (χ4v) is 3.42. The van der Waals surface area contributed by atoms with Crippen molar-refractivity contribution in [3.8, 4) is 0 Å². The number of rotatable bonds is 4. The molecule has 0 N–H and O–H groups in total. The molecule has 0 unspecified atom stereocenters. The maximum Gasteiger partial charge on any atom is 0.255 e. The van der Waals surface area contributed by atoms with Crippen LogP contribution in [-0.2, 0) is 9.53 Å². The molecule has 3 heterocycles. The summed E-state index contributed by atoms with van der Waals surface area (Å²) in [7, 11) is 1.51. The Hall–Kier alpha value is -2.48. The summed E-state index contributed by atoms with van der Waals surface area (Å²) in [5, 5.41) is 0. The van der Waals surface area contributed by atoms with Gasteiger partial charge in [-0.05, 0) is 25.3 Å². The number of aromatic nitrogens is 3. The molecule has 2 aliphatic rings. The normalized spacial score (nSPS) is 18.2. The number of hydrogen-bond donors (Lipinski definition) is 0. The number of carbonyl (C=O) groups excluding carboxylic acids is 2. The highest BCUT2D eigenvalue weighted by atomic mass is 16.5. The van der Waals surface area contributed by atoms with Gasteiger partial charge in [-0.15, -0.1) is 0 Å². The Morgan fingerprint density at radius 1 is 1.15 bits per heavy atom. The lowest BCUT2D eigenvalue weighted by Gasteiger charge is -2.22. The zero-order valence-corrected chi connectivity index (χ0v) is 14.9. The van der Waals surface area contributed by atoms with Crippen molar-refractivity contribution in [2.75, 3.05) is 39.9 Å². The predicted octanol–water partition coefficient (Wildman–Crippen LogP) is 1.09. The average Bonchev–Trinajstić information content (AvgIpc) is 3.44. The molecule has 2 amide bonds. The Bertz CT molecular complexity index is 829. The first-order chi connectivity index (χ1) is 12.7. The molecule has 138 valence electrons. The number of carbonyl (C=O) groups is 2. The van der Waals surface area contributed by atoms with E-state index < -0.39 is 0 Å². The Morgan fingerprint density at radius 2 is 1.92 bits per heavy atom. The van der Waals surface area contributed by atoms with Gasteiger partial charge in [0.05, 0.1) is 11.9 Å². The molecule has 0 aromatic carbocycles. The smallest absolute Gasteiger partial charge is 0.255 e. The molecule has 2 aromatic heterocycles. The minimum Gasteiger partial charge on any atom is -0.375 e. The van der Waals surface area contributed by atoms with Crippen LogP contribution in [0.2, 0.25) is 0 Å². The standard InChI is InChI=1S/C18H23N5O3/c1-26-11-16(24)21-5-2-6-22(8-7-21)18(25)13-9-15-17(19-10-13)23(12-20-15)14-3-4-14/h9-10,12,14H,2-8,11H2,1H3. The largest absolute Gasteiger partial charge is 0.375 e. The lowest BCUT2D eigenvalue weighted by Crippen LogP contribution is -2.38. The van der Waals surface area contributed by atoms with Gasteiger partial charge in [0, 0.05) is 45.5 Å². The van der Waals surface area contributed by atoms with E-state index in [9.17, 15) is 9.59 Å². The van der Waals surface area contributed by atoms with Gasteiger partial charge >= 0.3 is 0 Å². The summed E-state index contributed by atoms with van der Waals surface area (Å²) in [6, 6.07) is 2.33. The third-order valence-electron chi connectivity index (χ3n) is 5.00. The van der Waals surface area contributed by atoms with Gasteiger partial charge in [-0.1, -0.05) is 0 Å². The minimum atomic E-state index is -0.0542. The molecule has 26 heavy (non-hydrogen) atoms. The van der Waals surface area contributed by atoms with Crippen LogP contribution in [0.4, 0.5) is 0 Å². The first-order valence-corrected chi connectivity index (χ1v) is 9.06. The van der Waals surface area contributed by atoms with Crippen molar-refractivity contribution in [3.05, 3.63) is 24.2 Å². The molecule has 0 spiro atoms. The summed E-state index contributed by atoms with van der Waals surface area (Å²) in [6.45, 7) is 2.40. The monoisotopic (exact) mass is 357 g/mol. The van der Waals surface area contributed by atoms with Gasteiger partial charge in [0.2, 0.25) is 5.91 Å². The molecule has 2 aromatic rings. The highest BCUT2D eigenvalue weighted by Gasteiger charge is 2.27. The lowest BCUT2D eigenvalue weighted by atomic mass is 10.2. The fraction of sp³-hybridized carbons (Fsp3) is 0.556. The number of hydrogen-bond acceptors (Lipinski definition) is 5. The third-order valence-corrected chi connectivity index (χ3v) is 5.00. The third kappa shape index (κ3) is 3.29. The van der Waals surface area contributed by atoms with Crippen molar-refractivity contribution in [3.63, 3.8) is 0 Å². The molecule has 8 nitrogen and oxygen atoms in total. The maximum atomic E-state index is 12.9. The molecule has 1 aliphatic heterocycles. The Balaban J connectivity index is 1.47. The van der Waals surface area contributed by atoms with E-state index in [1.807, 2.05) is 12.4 Å². The first-order valence-electron chi connectivity index (χ1n) is 9.06. The van der Waals surface area contributed by atoms with E-state index in [2.05, 4.69) is 14.5 Å². The van der Waals surface area contributed by atoms with Crippen molar-refractivity contribution in [2.45, 2.75) is 25.3 Å². The molecule has 4 rings (SSSR count).